The van der Waals surface area contributed by atoms with E-state index in [1.807, 2.05) is 0 Å². The first-order chi connectivity index (χ1) is 10.7. The molecule has 3 heteroatoms. The van der Waals surface area contributed by atoms with Crippen LogP contribution in [0.2, 0.25) is 0 Å². The number of nitrogens with zero attached hydrogens (tertiary/aromatic N) is 1. The fourth-order valence-electron chi connectivity index (χ4n) is 4.23. The summed E-state index contributed by atoms with van der Waals surface area (Å²) in [6.07, 6.45) is 10.6. The van der Waals surface area contributed by atoms with Crippen molar-refractivity contribution in [2.75, 3.05) is 24.3 Å². The highest BCUT2D eigenvalue weighted by Crippen LogP contribution is 2.43. The number of anilines is 2. The Hall–Kier alpha value is -1.38. The molecule has 0 bridgehead atoms. The maximum Gasteiger partial charge on any atom is 0.143 e. The first-order valence-corrected chi connectivity index (χ1v) is 8.94. The van der Waals surface area contributed by atoms with Crippen molar-refractivity contribution in [1.29, 1.82) is 0 Å². The Bertz CT molecular complexity index is 508. The van der Waals surface area contributed by atoms with E-state index < -0.39 is 0 Å². The van der Waals surface area contributed by atoms with Crippen LogP contribution in [0.5, 0.6) is 5.75 Å². The number of ether oxygens (including phenoxy) is 1. The Balaban J connectivity index is 2.00. The van der Waals surface area contributed by atoms with Gasteiger partial charge in [0.1, 0.15) is 5.75 Å². The van der Waals surface area contributed by atoms with E-state index >= 15 is 0 Å². The Morgan fingerprint density at radius 2 is 1.77 bits per heavy atom. The van der Waals surface area contributed by atoms with Crippen molar-refractivity contribution >= 4 is 11.4 Å². The summed E-state index contributed by atoms with van der Waals surface area (Å²) in [5.74, 6) is 1.50. The van der Waals surface area contributed by atoms with Gasteiger partial charge in [-0.2, -0.15) is 0 Å². The van der Waals surface area contributed by atoms with E-state index in [-0.39, 0.29) is 0 Å². The van der Waals surface area contributed by atoms with Gasteiger partial charge in [0.2, 0.25) is 0 Å². The molecule has 1 aliphatic carbocycles. The summed E-state index contributed by atoms with van der Waals surface area (Å²) in [5.41, 5.74) is 9.86. The third kappa shape index (κ3) is 3.04. The van der Waals surface area contributed by atoms with Gasteiger partial charge in [0.05, 0.1) is 12.8 Å². The van der Waals surface area contributed by atoms with Gasteiger partial charge in [-0.3, -0.25) is 0 Å². The first kappa shape index (κ1) is 15.5. The number of rotatable bonds is 3. The van der Waals surface area contributed by atoms with Crippen LogP contribution in [-0.2, 0) is 0 Å². The van der Waals surface area contributed by atoms with E-state index in [9.17, 15) is 0 Å². The lowest BCUT2D eigenvalue weighted by molar-refractivity contribution is 0.413. The fraction of sp³-hybridized carbons (Fsp3) is 0.684. The molecule has 0 radical (unpaired) electrons. The molecule has 2 N–H and O–H groups in total. The van der Waals surface area contributed by atoms with Crippen LogP contribution in [0, 0.1) is 0 Å². The van der Waals surface area contributed by atoms with Crippen LogP contribution < -0.4 is 15.4 Å². The van der Waals surface area contributed by atoms with Crippen molar-refractivity contribution in [3.05, 3.63) is 17.7 Å². The molecule has 1 aromatic carbocycles. The Labute approximate surface area is 134 Å². The van der Waals surface area contributed by atoms with Gasteiger partial charge in [0.15, 0.2) is 0 Å². The number of methoxy groups -OCH3 is 1. The highest BCUT2D eigenvalue weighted by molar-refractivity contribution is 5.68. The van der Waals surface area contributed by atoms with Crippen LogP contribution in [0.1, 0.15) is 69.8 Å². The summed E-state index contributed by atoms with van der Waals surface area (Å²) in [5, 5.41) is 0. The summed E-state index contributed by atoms with van der Waals surface area (Å²) in [6, 6.07) is 5.01. The molecule has 0 spiro atoms. The largest absolute Gasteiger partial charge is 0.495 e. The Morgan fingerprint density at radius 3 is 2.45 bits per heavy atom. The van der Waals surface area contributed by atoms with Crippen molar-refractivity contribution in [3.63, 3.8) is 0 Å². The summed E-state index contributed by atoms with van der Waals surface area (Å²) in [7, 11) is 1.72. The second-order valence-electron chi connectivity index (χ2n) is 7.03. The quantitative estimate of drug-likeness (QED) is 0.822. The highest BCUT2D eigenvalue weighted by Gasteiger charge is 2.26. The molecule has 0 amide bonds. The minimum atomic E-state index is 0.615. The third-order valence-corrected chi connectivity index (χ3v) is 5.54. The molecule has 122 valence electrons. The average molecular weight is 302 g/mol. The molecular weight excluding hydrogens is 272 g/mol. The summed E-state index contributed by atoms with van der Waals surface area (Å²) < 4.78 is 5.50. The van der Waals surface area contributed by atoms with Crippen LogP contribution in [0.3, 0.4) is 0 Å². The molecule has 22 heavy (non-hydrogen) atoms. The molecule has 3 rings (SSSR count). The number of hydrogen-bond donors (Lipinski definition) is 1. The molecule has 1 aliphatic heterocycles. The number of benzene rings is 1. The summed E-state index contributed by atoms with van der Waals surface area (Å²) >= 11 is 0. The van der Waals surface area contributed by atoms with Gasteiger partial charge < -0.3 is 15.4 Å². The molecule has 3 nitrogen and oxygen atoms in total. The second-order valence-corrected chi connectivity index (χ2v) is 7.03. The fourth-order valence-corrected chi connectivity index (χ4v) is 4.23. The van der Waals surface area contributed by atoms with E-state index in [4.69, 9.17) is 10.5 Å². The van der Waals surface area contributed by atoms with Gasteiger partial charge in [-0.25, -0.2) is 0 Å². The van der Waals surface area contributed by atoms with Crippen LogP contribution in [-0.4, -0.2) is 19.7 Å². The third-order valence-electron chi connectivity index (χ3n) is 5.54. The first-order valence-electron chi connectivity index (χ1n) is 8.94. The van der Waals surface area contributed by atoms with Gasteiger partial charge in [-0.15, -0.1) is 0 Å². The molecule has 1 saturated carbocycles. The van der Waals surface area contributed by atoms with E-state index in [2.05, 4.69) is 24.0 Å². The molecule has 1 unspecified atom stereocenters. The zero-order valence-electron chi connectivity index (χ0n) is 14.1. The monoisotopic (exact) mass is 302 g/mol. The average Bonchev–Trinajstić information content (AvgIpc) is 2.56. The number of nitrogen functional groups attached to an aromatic ring is 1. The smallest absolute Gasteiger partial charge is 0.143 e. The zero-order chi connectivity index (χ0) is 15.5. The van der Waals surface area contributed by atoms with Crippen molar-refractivity contribution in [2.24, 2.45) is 0 Å². The molecular formula is C19H30N2O. The minimum Gasteiger partial charge on any atom is -0.495 e. The number of nitrogens with two attached hydrogens (primary N) is 1. The van der Waals surface area contributed by atoms with E-state index in [0.717, 1.165) is 18.0 Å². The maximum atomic E-state index is 6.23. The van der Waals surface area contributed by atoms with E-state index in [0.29, 0.717) is 12.0 Å². The molecule has 0 aromatic heterocycles. The minimum absolute atomic E-state index is 0.615. The van der Waals surface area contributed by atoms with E-state index in [1.165, 1.54) is 62.6 Å². The second kappa shape index (κ2) is 6.80. The lowest BCUT2D eigenvalue weighted by Gasteiger charge is -2.38. The van der Waals surface area contributed by atoms with Crippen LogP contribution in [0.15, 0.2) is 12.1 Å². The predicted octanol–water partition coefficient (Wildman–Crippen LogP) is 4.70. The Morgan fingerprint density at radius 1 is 1.05 bits per heavy atom. The molecule has 1 heterocycles. The Kier molecular flexibility index (Phi) is 4.80. The lowest BCUT2D eigenvalue weighted by atomic mass is 9.82. The van der Waals surface area contributed by atoms with Gasteiger partial charge in [0.25, 0.3) is 0 Å². The van der Waals surface area contributed by atoms with Crippen molar-refractivity contribution < 1.29 is 4.74 Å². The van der Waals surface area contributed by atoms with Crippen molar-refractivity contribution in [1.82, 2.24) is 0 Å². The summed E-state index contributed by atoms with van der Waals surface area (Å²) in [6.45, 7) is 3.51. The van der Waals surface area contributed by atoms with Crippen LogP contribution in [0.25, 0.3) is 0 Å². The predicted molar refractivity (Wildman–Crippen MR) is 93.9 cm³/mol. The maximum absolute atomic E-state index is 6.23. The van der Waals surface area contributed by atoms with Gasteiger partial charge >= 0.3 is 0 Å². The SMILES string of the molecule is COc1cc(N2CCCCC2C)c(C2CCCCC2)cc1N. The number of hydrogen-bond acceptors (Lipinski definition) is 3. The van der Waals surface area contributed by atoms with Gasteiger partial charge in [-0.1, -0.05) is 19.3 Å². The molecule has 1 aromatic rings. The van der Waals surface area contributed by atoms with Gasteiger partial charge in [-0.05, 0) is 56.6 Å². The van der Waals surface area contributed by atoms with Gasteiger partial charge in [0, 0.05) is 24.3 Å². The van der Waals surface area contributed by atoms with Crippen LogP contribution in [0.4, 0.5) is 11.4 Å². The zero-order valence-corrected chi connectivity index (χ0v) is 14.1. The standard InChI is InChI=1S/C19H30N2O/c1-14-8-6-7-11-21(14)18-13-19(22-2)17(20)12-16(18)15-9-4-3-5-10-15/h12-15H,3-11,20H2,1-2H3. The molecule has 2 aliphatic rings. The molecule has 1 atom stereocenters. The summed E-state index contributed by atoms with van der Waals surface area (Å²) in [4.78, 5) is 2.59. The molecule has 2 fully saturated rings. The molecule has 1 saturated heterocycles. The van der Waals surface area contributed by atoms with E-state index in [1.54, 1.807) is 7.11 Å². The lowest BCUT2D eigenvalue weighted by Crippen LogP contribution is -2.38. The highest BCUT2D eigenvalue weighted by atomic mass is 16.5. The number of piperidine rings is 1. The topological polar surface area (TPSA) is 38.5 Å². The van der Waals surface area contributed by atoms with Crippen molar-refractivity contribution in [3.8, 4) is 5.75 Å². The normalized spacial score (nSPS) is 23.5. The van der Waals surface area contributed by atoms with Crippen molar-refractivity contribution in [2.45, 2.75) is 70.3 Å². The van der Waals surface area contributed by atoms with Crippen LogP contribution >= 0.6 is 0 Å².